The maximum atomic E-state index is 3.96. The third-order valence-corrected chi connectivity index (χ3v) is 2.45. The highest BCUT2D eigenvalue weighted by Gasteiger charge is 1.96. The number of aromatic nitrogens is 2. The van der Waals surface area contributed by atoms with E-state index < -0.39 is 0 Å². The molecule has 0 aliphatic rings. The summed E-state index contributed by atoms with van der Waals surface area (Å²) in [6.07, 6.45) is 0. The van der Waals surface area contributed by atoms with Crippen molar-refractivity contribution in [1.82, 2.24) is 9.59 Å². The molecule has 2 aromatic rings. The zero-order valence-electron chi connectivity index (χ0n) is 7.90. The Morgan fingerprint density at radius 1 is 1.43 bits per heavy atom. The molecule has 0 aliphatic heterocycles. The van der Waals surface area contributed by atoms with Gasteiger partial charge in [0.1, 0.15) is 0 Å². The summed E-state index contributed by atoms with van der Waals surface area (Å²) in [6, 6.07) is 8.28. The first-order valence-corrected chi connectivity index (χ1v) is 5.25. The van der Waals surface area contributed by atoms with E-state index >= 15 is 0 Å². The summed E-state index contributed by atoms with van der Waals surface area (Å²) in [4.78, 5) is 0. The van der Waals surface area contributed by atoms with Crippen LogP contribution in [0.25, 0.3) is 0 Å². The van der Waals surface area contributed by atoms with Crippen LogP contribution in [0.15, 0.2) is 29.6 Å². The summed E-state index contributed by atoms with van der Waals surface area (Å²) < 4.78 is 3.80. The van der Waals surface area contributed by atoms with Gasteiger partial charge in [-0.15, -0.1) is 5.10 Å². The van der Waals surface area contributed by atoms with Crippen LogP contribution < -0.4 is 5.32 Å². The number of benzene rings is 1. The average molecular weight is 205 g/mol. The van der Waals surface area contributed by atoms with Crippen LogP contribution in [-0.4, -0.2) is 9.59 Å². The quantitative estimate of drug-likeness (QED) is 0.836. The largest absolute Gasteiger partial charge is 0.379 e. The predicted octanol–water partition coefficient (Wildman–Crippen LogP) is 2.46. The maximum Gasteiger partial charge on any atom is 0.0946 e. The molecule has 0 bridgehead atoms. The Kier molecular flexibility index (Phi) is 2.74. The number of aryl methyl sites for hydroxylation is 1. The van der Waals surface area contributed by atoms with Gasteiger partial charge in [0.05, 0.1) is 12.2 Å². The van der Waals surface area contributed by atoms with Crippen LogP contribution in [0.5, 0.6) is 0 Å². The molecule has 2 rings (SSSR count). The van der Waals surface area contributed by atoms with Crippen molar-refractivity contribution in [2.45, 2.75) is 13.5 Å². The van der Waals surface area contributed by atoms with Gasteiger partial charge < -0.3 is 5.32 Å². The van der Waals surface area contributed by atoms with Gasteiger partial charge >= 0.3 is 0 Å². The number of hydrogen-bond acceptors (Lipinski definition) is 4. The van der Waals surface area contributed by atoms with Gasteiger partial charge in [0.2, 0.25) is 0 Å². The van der Waals surface area contributed by atoms with Gasteiger partial charge in [0, 0.05) is 11.1 Å². The van der Waals surface area contributed by atoms with E-state index in [1.807, 2.05) is 17.5 Å². The zero-order valence-corrected chi connectivity index (χ0v) is 8.71. The molecule has 72 valence electrons. The third kappa shape index (κ3) is 2.29. The Morgan fingerprint density at radius 2 is 2.36 bits per heavy atom. The number of nitrogens with zero attached hydrogens (tertiary/aromatic N) is 2. The summed E-state index contributed by atoms with van der Waals surface area (Å²) >= 11 is 1.38. The van der Waals surface area contributed by atoms with Crippen molar-refractivity contribution >= 4 is 17.2 Å². The monoisotopic (exact) mass is 205 g/mol. The molecule has 0 unspecified atom stereocenters. The van der Waals surface area contributed by atoms with Gasteiger partial charge in [-0.25, -0.2) is 0 Å². The van der Waals surface area contributed by atoms with E-state index in [-0.39, 0.29) is 0 Å². The first-order valence-electron chi connectivity index (χ1n) is 4.41. The molecule has 0 aliphatic carbocycles. The maximum absolute atomic E-state index is 3.96. The van der Waals surface area contributed by atoms with Crippen molar-refractivity contribution in [1.29, 1.82) is 0 Å². The van der Waals surface area contributed by atoms with Crippen LogP contribution in [0, 0.1) is 6.92 Å². The van der Waals surface area contributed by atoms with Crippen molar-refractivity contribution in [3.8, 4) is 0 Å². The Labute approximate surface area is 87.0 Å². The molecular formula is C10H11N3S. The van der Waals surface area contributed by atoms with E-state index in [9.17, 15) is 0 Å². The SMILES string of the molecule is Cc1cccc(NCc2csnn2)c1. The summed E-state index contributed by atoms with van der Waals surface area (Å²) in [5.74, 6) is 0. The Hall–Kier alpha value is -1.42. The minimum absolute atomic E-state index is 0.736. The summed E-state index contributed by atoms with van der Waals surface area (Å²) in [5, 5.41) is 9.20. The van der Waals surface area contributed by atoms with Crippen LogP contribution >= 0.6 is 11.5 Å². The van der Waals surface area contributed by atoms with Gasteiger partial charge in [0.15, 0.2) is 0 Å². The minimum Gasteiger partial charge on any atom is -0.379 e. The lowest BCUT2D eigenvalue weighted by Gasteiger charge is -2.04. The van der Waals surface area contributed by atoms with Gasteiger partial charge in [-0.2, -0.15) is 0 Å². The zero-order chi connectivity index (χ0) is 9.80. The fraction of sp³-hybridized carbons (Fsp3) is 0.200. The molecule has 1 heterocycles. The second-order valence-corrected chi connectivity index (χ2v) is 3.73. The first kappa shape index (κ1) is 9.15. The lowest BCUT2D eigenvalue weighted by molar-refractivity contribution is 0.998. The number of anilines is 1. The van der Waals surface area contributed by atoms with E-state index in [0.29, 0.717) is 0 Å². The van der Waals surface area contributed by atoms with Gasteiger partial charge in [-0.1, -0.05) is 16.6 Å². The van der Waals surface area contributed by atoms with Crippen molar-refractivity contribution in [2.24, 2.45) is 0 Å². The summed E-state index contributed by atoms with van der Waals surface area (Å²) in [5.41, 5.74) is 3.36. The molecule has 0 atom stereocenters. The van der Waals surface area contributed by atoms with Crippen molar-refractivity contribution in [3.05, 3.63) is 40.9 Å². The van der Waals surface area contributed by atoms with Crippen molar-refractivity contribution < 1.29 is 0 Å². The Balaban J connectivity index is 1.98. The highest BCUT2D eigenvalue weighted by molar-refractivity contribution is 7.03. The van der Waals surface area contributed by atoms with Crippen LogP contribution in [0.2, 0.25) is 0 Å². The van der Waals surface area contributed by atoms with Gasteiger partial charge in [-0.05, 0) is 36.2 Å². The highest BCUT2D eigenvalue weighted by Crippen LogP contribution is 2.10. The molecule has 0 saturated heterocycles. The predicted molar refractivity (Wildman–Crippen MR) is 58.4 cm³/mol. The summed E-state index contributed by atoms with van der Waals surface area (Å²) in [6.45, 7) is 2.82. The van der Waals surface area contributed by atoms with Crippen LogP contribution in [0.4, 0.5) is 5.69 Å². The molecular weight excluding hydrogens is 194 g/mol. The van der Waals surface area contributed by atoms with E-state index in [1.165, 1.54) is 17.1 Å². The lowest BCUT2D eigenvalue weighted by atomic mass is 10.2. The van der Waals surface area contributed by atoms with Gasteiger partial charge in [-0.3, -0.25) is 0 Å². The third-order valence-electron chi connectivity index (χ3n) is 1.90. The fourth-order valence-electron chi connectivity index (χ4n) is 1.21. The lowest BCUT2D eigenvalue weighted by Crippen LogP contribution is -1.99. The molecule has 3 nitrogen and oxygen atoms in total. The van der Waals surface area contributed by atoms with Crippen LogP contribution in [-0.2, 0) is 6.54 Å². The molecule has 0 amide bonds. The molecule has 0 spiro atoms. The molecule has 0 saturated carbocycles. The van der Waals surface area contributed by atoms with Crippen LogP contribution in [0.1, 0.15) is 11.3 Å². The van der Waals surface area contributed by atoms with Crippen molar-refractivity contribution in [2.75, 3.05) is 5.32 Å². The molecule has 1 N–H and O–H groups in total. The van der Waals surface area contributed by atoms with E-state index in [2.05, 4.69) is 34.0 Å². The second kappa shape index (κ2) is 4.19. The number of rotatable bonds is 3. The first-order chi connectivity index (χ1) is 6.84. The van der Waals surface area contributed by atoms with Crippen molar-refractivity contribution in [3.63, 3.8) is 0 Å². The molecule has 0 radical (unpaired) electrons. The fourth-order valence-corrected chi connectivity index (χ4v) is 1.66. The number of hydrogen-bond donors (Lipinski definition) is 1. The highest BCUT2D eigenvalue weighted by atomic mass is 32.1. The standard InChI is InChI=1S/C10H11N3S/c1-8-3-2-4-9(5-8)11-6-10-7-14-13-12-10/h2-5,7,11H,6H2,1H3. The number of nitrogens with one attached hydrogen (secondary N) is 1. The Bertz CT molecular complexity index is 398. The molecule has 1 aromatic heterocycles. The molecule has 14 heavy (non-hydrogen) atoms. The summed E-state index contributed by atoms with van der Waals surface area (Å²) in [7, 11) is 0. The average Bonchev–Trinajstić information content (AvgIpc) is 2.67. The second-order valence-electron chi connectivity index (χ2n) is 3.12. The minimum atomic E-state index is 0.736. The van der Waals surface area contributed by atoms with Crippen LogP contribution in [0.3, 0.4) is 0 Å². The van der Waals surface area contributed by atoms with E-state index in [0.717, 1.165) is 17.9 Å². The molecule has 1 aromatic carbocycles. The normalized spacial score (nSPS) is 10.1. The topological polar surface area (TPSA) is 37.8 Å². The van der Waals surface area contributed by atoms with Gasteiger partial charge in [0.25, 0.3) is 0 Å². The molecule has 4 heteroatoms. The Morgan fingerprint density at radius 3 is 3.07 bits per heavy atom. The smallest absolute Gasteiger partial charge is 0.0946 e. The van der Waals surface area contributed by atoms with E-state index in [4.69, 9.17) is 0 Å². The van der Waals surface area contributed by atoms with E-state index in [1.54, 1.807) is 0 Å². The molecule has 0 fully saturated rings.